The minimum atomic E-state index is 0.142. The lowest BCUT2D eigenvalue weighted by Crippen LogP contribution is -2.39. The lowest BCUT2D eigenvalue weighted by atomic mass is 9.92. The van der Waals surface area contributed by atoms with Crippen LogP contribution in [0.3, 0.4) is 0 Å². The van der Waals surface area contributed by atoms with Crippen molar-refractivity contribution in [2.45, 2.75) is 60.0 Å². The standard InChI is InChI=1S/C18H31N3/c1-13-9-14(2)12-21(11-13)17-8-7-16(15(3)20-17)10-19-18(4,5)6/h7-8,13-14,19H,9-12H2,1-6H3. The molecule has 2 heterocycles. The highest BCUT2D eigenvalue weighted by atomic mass is 15.2. The van der Waals surface area contributed by atoms with Crippen molar-refractivity contribution in [1.29, 1.82) is 0 Å². The van der Waals surface area contributed by atoms with Crippen LogP contribution in [-0.2, 0) is 6.54 Å². The molecule has 2 atom stereocenters. The monoisotopic (exact) mass is 289 g/mol. The van der Waals surface area contributed by atoms with Gasteiger partial charge in [0.2, 0.25) is 0 Å². The highest BCUT2D eigenvalue weighted by Gasteiger charge is 2.23. The summed E-state index contributed by atoms with van der Waals surface area (Å²) in [6.07, 6.45) is 1.34. The van der Waals surface area contributed by atoms with Gasteiger partial charge in [-0.1, -0.05) is 19.9 Å². The second-order valence-electron chi connectivity index (χ2n) is 7.87. The maximum atomic E-state index is 4.85. The molecule has 1 fully saturated rings. The molecular weight excluding hydrogens is 258 g/mol. The van der Waals surface area contributed by atoms with Crippen molar-refractivity contribution in [3.63, 3.8) is 0 Å². The van der Waals surface area contributed by atoms with E-state index in [1.165, 1.54) is 12.0 Å². The van der Waals surface area contributed by atoms with E-state index in [0.29, 0.717) is 0 Å². The third-order valence-corrected chi connectivity index (χ3v) is 4.18. The minimum absolute atomic E-state index is 0.142. The number of rotatable bonds is 3. The molecule has 1 N–H and O–H groups in total. The van der Waals surface area contributed by atoms with Gasteiger partial charge in [0.1, 0.15) is 5.82 Å². The molecule has 0 saturated carbocycles. The lowest BCUT2D eigenvalue weighted by Gasteiger charge is -2.36. The number of nitrogens with zero attached hydrogens (tertiary/aromatic N) is 2. The Kier molecular flexibility index (Phi) is 4.92. The average Bonchev–Trinajstić information content (AvgIpc) is 2.35. The van der Waals surface area contributed by atoms with Crippen molar-refractivity contribution in [1.82, 2.24) is 10.3 Å². The SMILES string of the molecule is Cc1nc(N2CC(C)CC(C)C2)ccc1CNC(C)(C)C. The summed E-state index contributed by atoms with van der Waals surface area (Å²) >= 11 is 0. The summed E-state index contributed by atoms with van der Waals surface area (Å²) < 4.78 is 0. The second-order valence-corrected chi connectivity index (χ2v) is 7.87. The van der Waals surface area contributed by atoms with E-state index in [4.69, 9.17) is 4.98 Å². The summed E-state index contributed by atoms with van der Waals surface area (Å²) in [5, 5.41) is 3.54. The maximum Gasteiger partial charge on any atom is 0.128 e. The number of pyridine rings is 1. The molecule has 118 valence electrons. The highest BCUT2D eigenvalue weighted by Crippen LogP contribution is 2.25. The predicted octanol–water partition coefficient (Wildman–Crippen LogP) is 3.76. The molecule has 1 aliphatic rings. The Morgan fingerprint density at radius 2 is 1.81 bits per heavy atom. The summed E-state index contributed by atoms with van der Waals surface area (Å²) in [6, 6.07) is 4.43. The molecule has 0 amide bonds. The molecule has 1 aliphatic heterocycles. The van der Waals surface area contributed by atoms with E-state index >= 15 is 0 Å². The third kappa shape index (κ3) is 4.70. The molecule has 1 saturated heterocycles. The topological polar surface area (TPSA) is 28.2 Å². The molecule has 0 radical (unpaired) electrons. The summed E-state index contributed by atoms with van der Waals surface area (Å²) in [5.74, 6) is 2.67. The van der Waals surface area contributed by atoms with Gasteiger partial charge in [-0.3, -0.25) is 0 Å². The van der Waals surface area contributed by atoms with Crippen LogP contribution in [0, 0.1) is 18.8 Å². The Morgan fingerprint density at radius 3 is 2.33 bits per heavy atom. The van der Waals surface area contributed by atoms with Gasteiger partial charge in [-0.05, 0) is 57.6 Å². The van der Waals surface area contributed by atoms with E-state index in [2.05, 4.69) is 63.9 Å². The first kappa shape index (κ1) is 16.3. The fraction of sp³-hybridized carbons (Fsp3) is 0.722. The maximum absolute atomic E-state index is 4.85. The molecule has 2 unspecified atom stereocenters. The van der Waals surface area contributed by atoms with E-state index in [9.17, 15) is 0 Å². The molecule has 1 aromatic rings. The Labute approximate surface area is 130 Å². The number of piperidine rings is 1. The quantitative estimate of drug-likeness (QED) is 0.918. The van der Waals surface area contributed by atoms with E-state index in [1.54, 1.807) is 0 Å². The summed E-state index contributed by atoms with van der Waals surface area (Å²) in [7, 11) is 0. The van der Waals surface area contributed by atoms with Gasteiger partial charge in [0.05, 0.1) is 0 Å². The molecule has 0 spiro atoms. The summed E-state index contributed by atoms with van der Waals surface area (Å²) in [6.45, 7) is 16.6. The first-order chi connectivity index (χ1) is 9.74. The van der Waals surface area contributed by atoms with Gasteiger partial charge in [0.25, 0.3) is 0 Å². The van der Waals surface area contributed by atoms with Crippen LogP contribution in [0.5, 0.6) is 0 Å². The molecule has 0 aliphatic carbocycles. The van der Waals surface area contributed by atoms with Gasteiger partial charge in [-0.15, -0.1) is 0 Å². The fourth-order valence-corrected chi connectivity index (χ4v) is 3.15. The Morgan fingerprint density at radius 1 is 1.19 bits per heavy atom. The van der Waals surface area contributed by atoms with Gasteiger partial charge < -0.3 is 10.2 Å². The smallest absolute Gasteiger partial charge is 0.128 e. The normalized spacial score (nSPS) is 23.4. The summed E-state index contributed by atoms with van der Waals surface area (Å²) in [4.78, 5) is 7.30. The Balaban J connectivity index is 2.08. The van der Waals surface area contributed by atoms with Crippen LogP contribution in [0.2, 0.25) is 0 Å². The van der Waals surface area contributed by atoms with Gasteiger partial charge in [-0.2, -0.15) is 0 Å². The zero-order valence-electron chi connectivity index (χ0n) is 14.5. The van der Waals surface area contributed by atoms with Crippen LogP contribution in [-0.4, -0.2) is 23.6 Å². The number of aryl methyl sites for hydroxylation is 1. The van der Waals surface area contributed by atoms with Crippen LogP contribution < -0.4 is 10.2 Å². The van der Waals surface area contributed by atoms with Crippen LogP contribution in [0.1, 0.15) is 52.3 Å². The van der Waals surface area contributed by atoms with Gasteiger partial charge in [0.15, 0.2) is 0 Å². The number of hydrogen-bond acceptors (Lipinski definition) is 3. The molecule has 2 rings (SSSR count). The lowest BCUT2D eigenvalue weighted by molar-refractivity contribution is 0.355. The van der Waals surface area contributed by atoms with Crippen LogP contribution in [0.15, 0.2) is 12.1 Å². The van der Waals surface area contributed by atoms with E-state index < -0.39 is 0 Å². The van der Waals surface area contributed by atoms with Crippen molar-refractivity contribution in [3.05, 3.63) is 23.4 Å². The first-order valence-electron chi connectivity index (χ1n) is 8.21. The average molecular weight is 289 g/mol. The van der Waals surface area contributed by atoms with Crippen molar-refractivity contribution in [2.24, 2.45) is 11.8 Å². The molecule has 0 aromatic carbocycles. The highest BCUT2D eigenvalue weighted by molar-refractivity contribution is 5.42. The number of hydrogen-bond donors (Lipinski definition) is 1. The van der Waals surface area contributed by atoms with Crippen molar-refractivity contribution >= 4 is 5.82 Å². The fourth-order valence-electron chi connectivity index (χ4n) is 3.15. The Bertz CT molecular complexity index is 466. The molecule has 0 bridgehead atoms. The van der Waals surface area contributed by atoms with Crippen LogP contribution >= 0.6 is 0 Å². The van der Waals surface area contributed by atoms with E-state index in [-0.39, 0.29) is 5.54 Å². The summed E-state index contributed by atoms with van der Waals surface area (Å²) in [5.41, 5.74) is 2.59. The zero-order chi connectivity index (χ0) is 15.6. The predicted molar refractivity (Wildman–Crippen MR) is 90.7 cm³/mol. The Hall–Kier alpha value is -1.09. The van der Waals surface area contributed by atoms with Gasteiger partial charge >= 0.3 is 0 Å². The molecular formula is C18H31N3. The van der Waals surface area contributed by atoms with Crippen LogP contribution in [0.4, 0.5) is 5.82 Å². The van der Waals surface area contributed by atoms with Crippen molar-refractivity contribution in [3.8, 4) is 0 Å². The second kappa shape index (κ2) is 6.35. The van der Waals surface area contributed by atoms with Gasteiger partial charge in [0, 0.05) is 30.9 Å². The molecule has 3 nitrogen and oxygen atoms in total. The number of nitrogens with one attached hydrogen (secondary N) is 1. The molecule has 21 heavy (non-hydrogen) atoms. The zero-order valence-corrected chi connectivity index (χ0v) is 14.5. The third-order valence-electron chi connectivity index (χ3n) is 4.18. The van der Waals surface area contributed by atoms with Crippen molar-refractivity contribution in [2.75, 3.05) is 18.0 Å². The van der Waals surface area contributed by atoms with E-state index in [0.717, 1.165) is 43.0 Å². The molecule has 1 aromatic heterocycles. The van der Waals surface area contributed by atoms with Crippen LogP contribution in [0.25, 0.3) is 0 Å². The number of anilines is 1. The number of aromatic nitrogens is 1. The first-order valence-corrected chi connectivity index (χ1v) is 8.21. The van der Waals surface area contributed by atoms with E-state index in [1.807, 2.05) is 0 Å². The largest absolute Gasteiger partial charge is 0.356 e. The minimum Gasteiger partial charge on any atom is -0.356 e. The molecule has 3 heteroatoms. The van der Waals surface area contributed by atoms with Gasteiger partial charge in [-0.25, -0.2) is 4.98 Å². The van der Waals surface area contributed by atoms with Crippen molar-refractivity contribution < 1.29 is 0 Å².